The van der Waals surface area contributed by atoms with Crippen molar-refractivity contribution in [3.05, 3.63) is 52.0 Å². The summed E-state index contributed by atoms with van der Waals surface area (Å²) in [5.41, 5.74) is 2.55. The van der Waals surface area contributed by atoms with Gasteiger partial charge in [-0.1, -0.05) is 6.07 Å². The average Bonchev–Trinajstić information content (AvgIpc) is 3.23. The van der Waals surface area contributed by atoms with Crippen LogP contribution in [-0.4, -0.2) is 62.3 Å². The van der Waals surface area contributed by atoms with E-state index < -0.39 is 0 Å². The normalized spacial score (nSPS) is 16.3. The molecule has 0 radical (unpaired) electrons. The van der Waals surface area contributed by atoms with Crippen molar-refractivity contribution in [2.24, 2.45) is 4.99 Å². The second-order valence-corrected chi connectivity index (χ2v) is 7.59. The molecule has 0 aromatic carbocycles. The minimum absolute atomic E-state index is 0. The number of thiophene rings is 1. The van der Waals surface area contributed by atoms with E-state index in [0.717, 1.165) is 51.8 Å². The first-order chi connectivity index (χ1) is 13.3. The van der Waals surface area contributed by atoms with E-state index in [1.54, 1.807) is 0 Å². The quantitative estimate of drug-likeness (QED) is 0.338. The molecule has 1 unspecified atom stereocenters. The maximum atomic E-state index is 5.52. The molecular weight excluding hydrogens is 485 g/mol. The van der Waals surface area contributed by atoms with Crippen LogP contribution in [0.15, 0.2) is 41.0 Å². The fourth-order valence-corrected chi connectivity index (χ4v) is 4.15. The third kappa shape index (κ3) is 6.68. The molecule has 0 aliphatic carbocycles. The number of guanidine groups is 1. The second-order valence-electron chi connectivity index (χ2n) is 6.61. The van der Waals surface area contributed by atoms with Crippen molar-refractivity contribution < 1.29 is 4.74 Å². The van der Waals surface area contributed by atoms with Crippen molar-refractivity contribution in [1.29, 1.82) is 0 Å². The van der Waals surface area contributed by atoms with Crippen molar-refractivity contribution in [3.63, 3.8) is 0 Å². The molecule has 0 spiro atoms. The van der Waals surface area contributed by atoms with Crippen LogP contribution in [0.4, 0.5) is 0 Å². The van der Waals surface area contributed by atoms with Crippen molar-refractivity contribution >= 4 is 41.3 Å². The van der Waals surface area contributed by atoms with Crippen LogP contribution in [0.2, 0.25) is 0 Å². The van der Waals surface area contributed by atoms with Gasteiger partial charge in [0.25, 0.3) is 0 Å². The number of halogens is 1. The van der Waals surface area contributed by atoms with Crippen LogP contribution in [0.1, 0.15) is 22.0 Å². The summed E-state index contributed by atoms with van der Waals surface area (Å²) in [5.74, 6) is 0.844. The van der Waals surface area contributed by atoms with Gasteiger partial charge in [-0.15, -0.1) is 35.3 Å². The molecule has 2 N–H and O–H groups in total. The first-order valence-corrected chi connectivity index (χ1v) is 10.3. The molecule has 1 fully saturated rings. The SMILES string of the molecule is CN=C(NCCc1ccncc1C)NCC(c1cccs1)N1CCOCC1.I. The maximum absolute atomic E-state index is 5.52. The molecular formula is C20H30IN5OS. The van der Waals surface area contributed by atoms with E-state index in [4.69, 9.17) is 4.74 Å². The monoisotopic (exact) mass is 515 g/mol. The molecule has 1 atom stereocenters. The molecule has 8 heteroatoms. The molecule has 0 saturated carbocycles. The van der Waals surface area contributed by atoms with Crippen molar-refractivity contribution in [2.45, 2.75) is 19.4 Å². The zero-order chi connectivity index (χ0) is 18.9. The number of nitrogens with one attached hydrogen (secondary N) is 2. The second kappa shape index (κ2) is 12.4. The van der Waals surface area contributed by atoms with Crippen LogP contribution in [0.3, 0.4) is 0 Å². The summed E-state index contributed by atoms with van der Waals surface area (Å²) in [6, 6.07) is 6.76. The Morgan fingerprint density at radius 3 is 2.82 bits per heavy atom. The number of aryl methyl sites for hydroxylation is 1. The standard InChI is InChI=1S/C20H29N5OS.HI/c1-16-14-22-7-5-17(16)6-8-23-20(21-2)24-15-18(19-4-3-13-27-19)25-9-11-26-12-10-25;/h3-5,7,13-14,18H,6,8-12,15H2,1-2H3,(H2,21,23,24);1H. The summed E-state index contributed by atoms with van der Waals surface area (Å²) < 4.78 is 5.52. The number of rotatable bonds is 7. The molecule has 1 aliphatic heterocycles. The van der Waals surface area contributed by atoms with Gasteiger partial charge in [0, 0.05) is 50.5 Å². The lowest BCUT2D eigenvalue weighted by atomic mass is 10.1. The Hall–Kier alpha value is -1.23. The molecule has 2 aromatic heterocycles. The van der Waals surface area contributed by atoms with Crippen LogP contribution in [0.5, 0.6) is 0 Å². The third-order valence-corrected chi connectivity index (χ3v) is 5.84. The lowest BCUT2D eigenvalue weighted by molar-refractivity contribution is 0.0177. The topological polar surface area (TPSA) is 61.8 Å². The van der Waals surface area contributed by atoms with Gasteiger partial charge in [-0.2, -0.15) is 0 Å². The van der Waals surface area contributed by atoms with Crippen LogP contribution < -0.4 is 10.6 Å². The summed E-state index contributed by atoms with van der Waals surface area (Å²) in [4.78, 5) is 12.4. The van der Waals surface area contributed by atoms with Gasteiger partial charge in [-0.05, 0) is 42.0 Å². The van der Waals surface area contributed by atoms with E-state index in [1.807, 2.05) is 30.8 Å². The Morgan fingerprint density at radius 2 is 2.14 bits per heavy atom. The van der Waals surface area contributed by atoms with Gasteiger partial charge < -0.3 is 15.4 Å². The highest BCUT2D eigenvalue weighted by molar-refractivity contribution is 14.0. The number of hydrogen-bond donors (Lipinski definition) is 2. The predicted octanol–water partition coefficient (Wildman–Crippen LogP) is 2.85. The number of hydrogen-bond acceptors (Lipinski definition) is 5. The smallest absolute Gasteiger partial charge is 0.191 e. The van der Waals surface area contributed by atoms with Gasteiger partial charge in [0.05, 0.1) is 19.3 Å². The maximum Gasteiger partial charge on any atom is 0.191 e. The molecule has 1 aliphatic rings. The highest BCUT2D eigenvalue weighted by Crippen LogP contribution is 2.25. The average molecular weight is 515 g/mol. The Kier molecular flexibility index (Phi) is 10.2. The number of aliphatic imine (C=N–C) groups is 1. The van der Waals surface area contributed by atoms with Crippen molar-refractivity contribution in [3.8, 4) is 0 Å². The molecule has 3 heterocycles. The number of ether oxygens (including phenoxy) is 1. The van der Waals surface area contributed by atoms with Crippen LogP contribution >= 0.6 is 35.3 Å². The van der Waals surface area contributed by atoms with Crippen molar-refractivity contribution in [1.82, 2.24) is 20.5 Å². The summed E-state index contributed by atoms with van der Waals surface area (Å²) in [6.45, 7) is 7.32. The minimum Gasteiger partial charge on any atom is -0.379 e. The fourth-order valence-electron chi connectivity index (χ4n) is 3.29. The lowest BCUT2D eigenvalue weighted by Gasteiger charge is -2.34. The molecule has 154 valence electrons. The molecule has 2 aromatic rings. The third-order valence-electron chi connectivity index (χ3n) is 4.87. The number of morpholine rings is 1. The van der Waals surface area contributed by atoms with Crippen LogP contribution in [-0.2, 0) is 11.2 Å². The van der Waals surface area contributed by atoms with E-state index in [-0.39, 0.29) is 24.0 Å². The molecule has 6 nitrogen and oxygen atoms in total. The first-order valence-electron chi connectivity index (χ1n) is 9.47. The summed E-state index contributed by atoms with van der Waals surface area (Å²) in [7, 11) is 1.82. The van der Waals surface area contributed by atoms with Gasteiger partial charge in [0.15, 0.2) is 5.96 Å². The minimum atomic E-state index is 0. The van der Waals surface area contributed by atoms with E-state index in [0.29, 0.717) is 6.04 Å². The van der Waals surface area contributed by atoms with E-state index in [9.17, 15) is 0 Å². The summed E-state index contributed by atoms with van der Waals surface area (Å²) in [5, 5.41) is 9.08. The Morgan fingerprint density at radius 1 is 1.32 bits per heavy atom. The lowest BCUT2D eigenvalue weighted by Crippen LogP contribution is -2.46. The van der Waals surface area contributed by atoms with Crippen LogP contribution in [0, 0.1) is 6.92 Å². The number of pyridine rings is 1. The van der Waals surface area contributed by atoms with E-state index >= 15 is 0 Å². The van der Waals surface area contributed by atoms with Gasteiger partial charge in [0.2, 0.25) is 0 Å². The van der Waals surface area contributed by atoms with Gasteiger partial charge >= 0.3 is 0 Å². The predicted molar refractivity (Wildman–Crippen MR) is 127 cm³/mol. The molecule has 1 saturated heterocycles. The van der Waals surface area contributed by atoms with Crippen LogP contribution in [0.25, 0.3) is 0 Å². The number of nitrogens with zero attached hydrogens (tertiary/aromatic N) is 3. The zero-order valence-electron chi connectivity index (χ0n) is 16.6. The Balaban J connectivity index is 0.00000280. The highest BCUT2D eigenvalue weighted by Gasteiger charge is 2.23. The van der Waals surface area contributed by atoms with Gasteiger partial charge in [-0.3, -0.25) is 14.9 Å². The molecule has 0 amide bonds. The Bertz CT molecular complexity index is 719. The number of aromatic nitrogens is 1. The van der Waals surface area contributed by atoms with E-state index in [1.165, 1.54) is 16.0 Å². The largest absolute Gasteiger partial charge is 0.379 e. The fraction of sp³-hybridized carbons (Fsp3) is 0.500. The summed E-state index contributed by atoms with van der Waals surface area (Å²) in [6.07, 6.45) is 4.71. The van der Waals surface area contributed by atoms with Crippen molar-refractivity contribution in [2.75, 3.05) is 46.4 Å². The van der Waals surface area contributed by atoms with Gasteiger partial charge in [0.1, 0.15) is 0 Å². The Labute approximate surface area is 188 Å². The molecule has 0 bridgehead atoms. The molecule has 28 heavy (non-hydrogen) atoms. The molecule has 3 rings (SSSR count). The van der Waals surface area contributed by atoms with Gasteiger partial charge in [-0.25, -0.2) is 0 Å². The van der Waals surface area contributed by atoms with E-state index in [2.05, 4.69) is 56.0 Å². The zero-order valence-corrected chi connectivity index (χ0v) is 19.7. The highest BCUT2D eigenvalue weighted by atomic mass is 127. The first kappa shape index (κ1) is 23.1. The summed E-state index contributed by atoms with van der Waals surface area (Å²) >= 11 is 1.81.